The van der Waals surface area contributed by atoms with E-state index < -0.39 is 0 Å². The Kier molecular flexibility index (Phi) is 6.44. The first-order chi connectivity index (χ1) is 8.58. The number of hydrogen-bond acceptors (Lipinski definition) is 2. The molecule has 1 rings (SSSR count). The SMILES string of the molecule is CC(O)CC(C)CNC(=O)CCc1ccccc1. The predicted octanol–water partition coefficient (Wildman–Crippen LogP) is 2.14. The Labute approximate surface area is 109 Å². The Balaban J connectivity index is 2.18. The molecule has 0 aliphatic heterocycles. The summed E-state index contributed by atoms with van der Waals surface area (Å²) in [6.45, 7) is 4.44. The number of rotatable bonds is 7. The van der Waals surface area contributed by atoms with Crippen molar-refractivity contribution < 1.29 is 9.90 Å². The van der Waals surface area contributed by atoms with Gasteiger partial charge in [0.15, 0.2) is 0 Å². The minimum Gasteiger partial charge on any atom is -0.393 e. The summed E-state index contributed by atoms with van der Waals surface area (Å²) in [4.78, 5) is 11.6. The monoisotopic (exact) mass is 249 g/mol. The number of nitrogens with one attached hydrogen (secondary N) is 1. The summed E-state index contributed by atoms with van der Waals surface area (Å²) in [7, 11) is 0. The predicted molar refractivity (Wildman–Crippen MR) is 73.2 cm³/mol. The van der Waals surface area contributed by atoms with Gasteiger partial charge in [0.05, 0.1) is 6.10 Å². The molecule has 1 amide bonds. The molecule has 0 aliphatic rings. The number of hydrogen-bond donors (Lipinski definition) is 2. The van der Waals surface area contributed by atoms with E-state index in [1.54, 1.807) is 6.92 Å². The Bertz CT molecular complexity index is 349. The van der Waals surface area contributed by atoms with Crippen LogP contribution in [0.3, 0.4) is 0 Å². The highest BCUT2D eigenvalue weighted by Crippen LogP contribution is 2.05. The average Bonchev–Trinajstić information content (AvgIpc) is 2.34. The largest absolute Gasteiger partial charge is 0.393 e. The van der Waals surface area contributed by atoms with Gasteiger partial charge in [-0.05, 0) is 31.2 Å². The molecule has 0 saturated heterocycles. The van der Waals surface area contributed by atoms with E-state index in [9.17, 15) is 9.90 Å². The average molecular weight is 249 g/mol. The Morgan fingerprint density at radius 1 is 1.28 bits per heavy atom. The van der Waals surface area contributed by atoms with E-state index in [1.165, 1.54) is 5.56 Å². The topological polar surface area (TPSA) is 49.3 Å². The summed E-state index contributed by atoms with van der Waals surface area (Å²) in [6.07, 6.45) is 1.71. The standard InChI is InChI=1S/C15H23NO2/c1-12(10-13(2)17)11-16-15(18)9-8-14-6-4-3-5-7-14/h3-7,12-13,17H,8-11H2,1-2H3,(H,16,18). The molecular weight excluding hydrogens is 226 g/mol. The van der Waals surface area contributed by atoms with Crippen LogP contribution in [0.5, 0.6) is 0 Å². The fourth-order valence-electron chi connectivity index (χ4n) is 1.94. The Morgan fingerprint density at radius 2 is 1.94 bits per heavy atom. The van der Waals surface area contributed by atoms with Gasteiger partial charge in [-0.1, -0.05) is 37.3 Å². The summed E-state index contributed by atoms with van der Waals surface area (Å²) in [5.41, 5.74) is 1.18. The van der Waals surface area contributed by atoms with E-state index in [2.05, 4.69) is 5.32 Å². The first kappa shape index (κ1) is 14.7. The molecule has 3 heteroatoms. The Hall–Kier alpha value is -1.35. The normalized spacial score (nSPS) is 13.9. The number of benzene rings is 1. The maximum Gasteiger partial charge on any atom is 0.220 e. The molecule has 0 aromatic heterocycles. The molecule has 0 fully saturated rings. The lowest BCUT2D eigenvalue weighted by atomic mass is 10.0. The zero-order valence-corrected chi connectivity index (χ0v) is 11.2. The number of carbonyl (C=O) groups is 1. The fourth-order valence-corrected chi connectivity index (χ4v) is 1.94. The molecule has 100 valence electrons. The second kappa shape index (κ2) is 7.88. The van der Waals surface area contributed by atoms with Gasteiger partial charge in [-0.25, -0.2) is 0 Å². The summed E-state index contributed by atoms with van der Waals surface area (Å²) in [6, 6.07) is 10.0. The number of carbonyl (C=O) groups excluding carboxylic acids is 1. The van der Waals surface area contributed by atoms with Crippen molar-refractivity contribution >= 4 is 5.91 Å². The third-order valence-corrected chi connectivity index (χ3v) is 2.87. The molecule has 1 aromatic rings. The quantitative estimate of drug-likeness (QED) is 0.778. The zero-order valence-electron chi connectivity index (χ0n) is 11.2. The first-order valence-electron chi connectivity index (χ1n) is 6.56. The Morgan fingerprint density at radius 3 is 2.56 bits per heavy atom. The van der Waals surface area contributed by atoms with Gasteiger partial charge >= 0.3 is 0 Å². The summed E-state index contributed by atoms with van der Waals surface area (Å²) < 4.78 is 0. The van der Waals surface area contributed by atoms with Crippen LogP contribution in [0.15, 0.2) is 30.3 Å². The van der Waals surface area contributed by atoms with Crippen LogP contribution in [0, 0.1) is 5.92 Å². The van der Waals surface area contributed by atoms with Crippen LogP contribution in [0.25, 0.3) is 0 Å². The number of aliphatic hydroxyl groups is 1. The van der Waals surface area contributed by atoms with Crippen LogP contribution in [-0.4, -0.2) is 23.7 Å². The molecule has 2 atom stereocenters. The van der Waals surface area contributed by atoms with Crippen LogP contribution >= 0.6 is 0 Å². The lowest BCUT2D eigenvalue weighted by Crippen LogP contribution is -2.29. The summed E-state index contributed by atoms with van der Waals surface area (Å²) in [5, 5.41) is 12.1. The van der Waals surface area contributed by atoms with Gasteiger partial charge in [0, 0.05) is 13.0 Å². The molecule has 2 N–H and O–H groups in total. The highest BCUT2D eigenvalue weighted by Gasteiger charge is 2.08. The van der Waals surface area contributed by atoms with Crippen molar-refractivity contribution in [3.8, 4) is 0 Å². The lowest BCUT2D eigenvalue weighted by Gasteiger charge is -2.14. The van der Waals surface area contributed by atoms with Gasteiger partial charge in [0.1, 0.15) is 0 Å². The number of aliphatic hydroxyl groups excluding tert-OH is 1. The van der Waals surface area contributed by atoms with E-state index in [0.29, 0.717) is 18.9 Å². The van der Waals surface area contributed by atoms with Crippen molar-refractivity contribution in [1.29, 1.82) is 0 Å². The lowest BCUT2D eigenvalue weighted by molar-refractivity contribution is -0.121. The molecule has 1 aromatic carbocycles. The highest BCUT2D eigenvalue weighted by molar-refractivity contribution is 5.76. The van der Waals surface area contributed by atoms with E-state index in [-0.39, 0.29) is 12.0 Å². The summed E-state index contributed by atoms with van der Waals surface area (Å²) in [5.74, 6) is 0.391. The summed E-state index contributed by atoms with van der Waals surface area (Å²) >= 11 is 0. The van der Waals surface area contributed by atoms with E-state index >= 15 is 0 Å². The van der Waals surface area contributed by atoms with Crippen molar-refractivity contribution in [2.75, 3.05) is 6.54 Å². The van der Waals surface area contributed by atoms with Crippen LogP contribution in [-0.2, 0) is 11.2 Å². The smallest absolute Gasteiger partial charge is 0.220 e. The molecule has 0 radical (unpaired) electrons. The van der Waals surface area contributed by atoms with Crippen molar-refractivity contribution in [3.63, 3.8) is 0 Å². The molecule has 0 spiro atoms. The second-order valence-electron chi connectivity index (χ2n) is 4.98. The van der Waals surface area contributed by atoms with Gasteiger partial charge in [0.25, 0.3) is 0 Å². The second-order valence-corrected chi connectivity index (χ2v) is 4.98. The van der Waals surface area contributed by atoms with E-state index in [0.717, 1.165) is 12.8 Å². The molecule has 0 aliphatic carbocycles. The minimum absolute atomic E-state index is 0.0799. The third-order valence-electron chi connectivity index (χ3n) is 2.87. The van der Waals surface area contributed by atoms with Crippen molar-refractivity contribution in [2.24, 2.45) is 5.92 Å². The fraction of sp³-hybridized carbons (Fsp3) is 0.533. The van der Waals surface area contributed by atoms with Crippen LogP contribution < -0.4 is 5.32 Å². The highest BCUT2D eigenvalue weighted by atomic mass is 16.3. The van der Waals surface area contributed by atoms with E-state index in [1.807, 2.05) is 37.3 Å². The maximum absolute atomic E-state index is 11.6. The molecule has 0 saturated carbocycles. The van der Waals surface area contributed by atoms with Crippen LogP contribution in [0.1, 0.15) is 32.3 Å². The van der Waals surface area contributed by atoms with Crippen LogP contribution in [0.4, 0.5) is 0 Å². The van der Waals surface area contributed by atoms with Crippen molar-refractivity contribution in [3.05, 3.63) is 35.9 Å². The minimum atomic E-state index is -0.304. The molecule has 0 bridgehead atoms. The van der Waals surface area contributed by atoms with E-state index in [4.69, 9.17) is 0 Å². The maximum atomic E-state index is 11.6. The third kappa shape index (κ3) is 6.40. The van der Waals surface area contributed by atoms with Gasteiger partial charge in [-0.3, -0.25) is 4.79 Å². The zero-order chi connectivity index (χ0) is 13.4. The number of aryl methyl sites for hydroxylation is 1. The molecule has 0 heterocycles. The van der Waals surface area contributed by atoms with Gasteiger partial charge in [-0.15, -0.1) is 0 Å². The van der Waals surface area contributed by atoms with Gasteiger partial charge in [-0.2, -0.15) is 0 Å². The molecule has 2 unspecified atom stereocenters. The molecule has 18 heavy (non-hydrogen) atoms. The van der Waals surface area contributed by atoms with Gasteiger partial charge < -0.3 is 10.4 Å². The molecular formula is C15H23NO2. The first-order valence-corrected chi connectivity index (χ1v) is 6.56. The molecule has 3 nitrogen and oxygen atoms in total. The number of amides is 1. The van der Waals surface area contributed by atoms with Crippen molar-refractivity contribution in [1.82, 2.24) is 5.32 Å². The van der Waals surface area contributed by atoms with Gasteiger partial charge in [0.2, 0.25) is 5.91 Å². The van der Waals surface area contributed by atoms with Crippen molar-refractivity contribution in [2.45, 2.75) is 39.2 Å². The van der Waals surface area contributed by atoms with Crippen LogP contribution in [0.2, 0.25) is 0 Å².